The van der Waals surface area contributed by atoms with Crippen molar-refractivity contribution < 1.29 is 9.53 Å². The summed E-state index contributed by atoms with van der Waals surface area (Å²) in [6.07, 6.45) is 0. The molecule has 8 nitrogen and oxygen atoms in total. The summed E-state index contributed by atoms with van der Waals surface area (Å²) in [5.74, 6) is -0.0384. The van der Waals surface area contributed by atoms with E-state index in [1.165, 1.54) is 11.7 Å². The summed E-state index contributed by atoms with van der Waals surface area (Å²) in [6.45, 7) is 5.01. The van der Waals surface area contributed by atoms with Gasteiger partial charge in [0.2, 0.25) is 5.91 Å². The van der Waals surface area contributed by atoms with Gasteiger partial charge in [0.1, 0.15) is 12.3 Å². The molecule has 0 saturated carbocycles. The Hall–Kier alpha value is -4.20. The molecule has 2 heterocycles. The van der Waals surface area contributed by atoms with E-state index in [4.69, 9.17) is 4.74 Å². The van der Waals surface area contributed by atoms with Crippen molar-refractivity contribution in [3.63, 3.8) is 0 Å². The first-order valence-corrected chi connectivity index (χ1v) is 10.4. The highest BCUT2D eigenvalue weighted by Gasteiger charge is 2.21. The Kier molecular flexibility index (Phi) is 5.83. The summed E-state index contributed by atoms with van der Waals surface area (Å²) in [4.78, 5) is 44.3. The monoisotopic (exact) mass is 444 g/mol. The average Bonchev–Trinajstić information content (AvgIpc) is 2.78. The zero-order valence-electron chi connectivity index (χ0n) is 18.9. The number of rotatable bonds is 5. The molecule has 0 spiro atoms. The second kappa shape index (κ2) is 8.74. The van der Waals surface area contributed by atoms with Crippen LogP contribution in [0, 0.1) is 20.8 Å². The lowest BCUT2D eigenvalue weighted by molar-refractivity contribution is -0.116. The molecular weight excluding hydrogens is 420 g/mol. The quantitative estimate of drug-likeness (QED) is 0.510. The third-order valence-corrected chi connectivity index (χ3v) is 5.47. The molecule has 0 aliphatic heterocycles. The van der Waals surface area contributed by atoms with Crippen LogP contribution in [0.4, 0.5) is 5.69 Å². The largest absolute Gasteiger partial charge is 0.495 e. The highest BCUT2D eigenvalue weighted by molar-refractivity contribution is 5.91. The molecule has 0 aliphatic carbocycles. The normalized spacial score (nSPS) is 10.9. The molecule has 2 aromatic heterocycles. The minimum absolute atomic E-state index is 0.225. The number of amides is 1. The Bertz CT molecular complexity index is 1500. The van der Waals surface area contributed by atoms with Crippen LogP contribution in [0.3, 0.4) is 0 Å². The first-order chi connectivity index (χ1) is 15.8. The van der Waals surface area contributed by atoms with Gasteiger partial charge in [0.05, 0.1) is 18.2 Å². The van der Waals surface area contributed by atoms with E-state index >= 15 is 0 Å². The van der Waals surface area contributed by atoms with Crippen LogP contribution in [0.25, 0.3) is 16.7 Å². The Labute approximate surface area is 190 Å². The van der Waals surface area contributed by atoms with Gasteiger partial charge in [0, 0.05) is 11.4 Å². The van der Waals surface area contributed by atoms with Crippen molar-refractivity contribution in [1.82, 2.24) is 14.1 Å². The number of benzene rings is 2. The fourth-order valence-electron chi connectivity index (χ4n) is 3.89. The first kappa shape index (κ1) is 22.0. The van der Waals surface area contributed by atoms with E-state index in [1.807, 2.05) is 19.1 Å². The van der Waals surface area contributed by atoms with E-state index in [1.54, 1.807) is 56.3 Å². The molecule has 168 valence electrons. The van der Waals surface area contributed by atoms with Crippen molar-refractivity contribution in [1.29, 1.82) is 0 Å². The van der Waals surface area contributed by atoms with Crippen LogP contribution in [0.1, 0.15) is 16.8 Å². The van der Waals surface area contributed by atoms with Gasteiger partial charge < -0.3 is 10.1 Å². The van der Waals surface area contributed by atoms with E-state index in [9.17, 15) is 14.4 Å². The lowest BCUT2D eigenvalue weighted by Crippen LogP contribution is -2.42. The van der Waals surface area contributed by atoms with E-state index in [2.05, 4.69) is 10.3 Å². The van der Waals surface area contributed by atoms with Gasteiger partial charge in [-0.05, 0) is 56.2 Å². The lowest BCUT2D eigenvalue weighted by atomic mass is 10.1. The van der Waals surface area contributed by atoms with Crippen molar-refractivity contribution in [2.75, 3.05) is 12.4 Å². The number of carbonyl (C=O) groups excluding carboxylic acids is 1. The molecule has 1 N–H and O–H groups in total. The van der Waals surface area contributed by atoms with Crippen molar-refractivity contribution >= 4 is 22.6 Å². The van der Waals surface area contributed by atoms with E-state index < -0.39 is 23.7 Å². The maximum atomic E-state index is 13.6. The molecule has 0 saturated heterocycles. The molecule has 0 atom stereocenters. The van der Waals surface area contributed by atoms with Crippen LogP contribution in [-0.2, 0) is 11.3 Å². The van der Waals surface area contributed by atoms with Gasteiger partial charge in [-0.25, -0.2) is 18.9 Å². The minimum atomic E-state index is -0.672. The molecule has 4 aromatic rings. The summed E-state index contributed by atoms with van der Waals surface area (Å²) in [5, 5.41) is 3.05. The molecule has 8 heteroatoms. The van der Waals surface area contributed by atoms with Gasteiger partial charge in [0.15, 0.2) is 5.65 Å². The molecule has 0 aliphatic rings. The number of aromatic nitrogens is 3. The fraction of sp³-hybridized carbons (Fsp3) is 0.200. The average molecular weight is 444 g/mol. The van der Waals surface area contributed by atoms with Crippen LogP contribution >= 0.6 is 0 Å². The zero-order chi connectivity index (χ0) is 23.7. The SMILES string of the molecule is COc1ccccc1-n1c(=O)n(CC(=O)Nc2ccccc2C)c(=O)c2c(C)cc(C)nc21. The summed E-state index contributed by atoms with van der Waals surface area (Å²) in [5.41, 5.74) is 2.24. The van der Waals surface area contributed by atoms with E-state index in [0.717, 1.165) is 10.1 Å². The molecular formula is C25H24N4O4. The number of aryl methyl sites for hydroxylation is 3. The molecule has 0 bridgehead atoms. The highest BCUT2D eigenvalue weighted by Crippen LogP contribution is 2.24. The highest BCUT2D eigenvalue weighted by atomic mass is 16.5. The number of anilines is 1. The minimum Gasteiger partial charge on any atom is -0.495 e. The number of para-hydroxylation sites is 3. The zero-order valence-corrected chi connectivity index (χ0v) is 18.9. The maximum Gasteiger partial charge on any atom is 0.337 e. The number of pyridine rings is 1. The molecule has 1 amide bonds. The number of hydrogen-bond acceptors (Lipinski definition) is 5. The summed E-state index contributed by atoms with van der Waals surface area (Å²) in [6, 6.07) is 16.0. The van der Waals surface area contributed by atoms with Crippen LogP contribution in [-0.4, -0.2) is 27.1 Å². The van der Waals surface area contributed by atoms with Gasteiger partial charge in [0.25, 0.3) is 5.56 Å². The topological polar surface area (TPSA) is 95.2 Å². The first-order valence-electron chi connectivity index (χ1n) is 10.4. The maximum absolute atomic E-state index is 13.6. The Morgan fingerprint density at radius 3 is 2.42 bits per heavy atom. The van der Waals surface area contributed by atoms with Crippen molar-refractivity contribution in [2.45, 2.75) is 27.3 Å². The van der Waals surface area contributed by atoms with Crippen molar-refractivity contribution in [3.8, 4) is 11.4 Å². The number of nitrogens with one attached hydrogen (secondary N) is 1. The van der Waals surface area contributed by atoms with Gasteiger partial charge in [-0.3, -0.25) is 9.59 Å². The van der Waals surface area contributed by atoms with Gasteiger partial charge in [-0.2, -0.15) is 0 Å². The Morgan fingerprint density at radius 1 is 1.00 bits per heavy atom. The standard InChI is InChI=1S/C25H24N4O4/c1-15-9-5-6-10-18(15)27-21(30)14-28-24(31)22-16(2)13-17(3)26-23(22)29(25(28)32)19-11-7-8-12-20(19)33-4/h5-13H,14H2,1-4H3,(H,27,30). The predicted octanol–water partition coefficient (Wildman–Crippen LogP) is 3.12. The van der Waals surface area contributed by atoms with Crippen molar-refractivity contribution in [2.24, 2.45) is 0 Å². The second-order valence-electron chi connectivity index (χ2n) is 7.82. The molecule has 2 aromatic carbocycles. The Balaban J connectivity index is 1.94. The van der Waals surface area contributed by atoms with Gasteiger partial charge >= 0.3 is 5.69 Å². The molecule has 33 heavy (non-hydrogen) atoms. The van der Waals surface area contributed by atoms with E-state index in [0.29, 0.717) is 28.4 Å². The van der Waals surface area contributed by atoms with Crippen LogP contribution in [0.2, 0.25) is 0 Å². The van der Waals surface area contributed by atoms with Gasteiger partial charge in [-0.15, -0.1) is 0 Å². The summed E-state index contributed by atoms with van der Waals surface area (Å²) >= 11 is 0. The second-order valence-corrected chi connectivity index (χ2v) is 7.82. The number of methoxy groups -OCH3 is 1. The summed E-state index contributed by atoms with van der Waals surface area (Å²) in [7, 11) is 1.50. The lowest BCUT2D eigenvalue weighted by Gasteiger charge is -2.17. The van der Waals surface area contributed by atoms with Crippen molar-refractivity contribution in [3.05, 3.63) is 92.3 Å². The molecule has 0 unspecified atom stereocenters. The number of carbonyl (C=O) groups is 1. The predicted molar refractivity (Wildman–Crippen MR) is 127 cm³/mol. The third-order valence-electron chi connectivity index (χ3n) is 5.47. The third kappa shape index (κ3) is 4.03. The van der Waals surface area contributed by atoms with Crippen LogP contribution in [0.15, 0.2) is 64.2 Å². The van der Waals surface area contributed by atoms with E-state index in [-0.39, 0.29) is 11.0 Å². The summed E-state index contributed by atoms with van der Waals surface area (Å²) < 4.78 is 7.72. The van der Waals surface area contributed by atoms with Gasteiger partial charge in [-0.1, -0.05) is 30.3 Å². The number of fused-ring (bicyclic) bond motifs is 1. The Morgan fingerprint density at radius 2 is 1.70 bits per heavy atom. The number of ether oxygens (including phenoxy) is 1. The number of nitrogens with zero attached hydrogens (tertiary/aromatic N) is 3. The molecule has 4 rings (SSSR count). The molecule has 0 radical (unpaired) electrons. The smallest absolute Gasteiger partial charge is 0.337 e. The number of hydrogen-bond donors (Lipinski definition) is 1. The van der Waals surface area contributed by atoms with Crippen LogP contribution in [0.5, 0.6) is 5.75 Å². The molecule has 0 fully saturated rings. The fourth-order valence-corrected chi connectivity index (χ4v) is 3.89. The van der Waals surface area contributed by atoms with Crippen LogP contribution < -0.4 is 21.3 Å².